The molecule has 0 aliphatic carbocycles. The molecule has 32 heavy (non-hydrogen) atoms. The number of piperazine rings is 1. The molecular formula is C24H26N2O6. The summed E-state index contributed by atoms with van der Waals surface area (Å²) in [7, 11) is 0. The second kappa shape index (κ2) is 11.5. The minimum Gasteiger partial charge on any atom is -0.490 e. The molecule has 8 nitrogen and oxygen atoms in total. The zero-order valence-corrected chi connectivity index (χ0v) is 17.7. The van der Waals surface area contributed by atoms with E-state index in [9.17, 15) is 14.4 Å². The van der Waals surface area contributed by atoms with Crippen LogP contribution in [0.3, 0.4) is 0 Å². The standard InChI is InChI=1S/C24H26N2O6/c1-2-14-30-20-10-8-18(9-11-20)24(29)26-13-12-25-23(28)21(26)17-22(27)32-16-15-31-19-6-4-3-5-7-19/h2-11,21H,1,12-17H2,(H,25,28). The molecule has 168 valence electrons. The van der Waals surface area contributed by atoms with E-state index in [0.29, 0.717) is 36.8 Å². The van der Waals surface area contributed by atoms with Crippen LogP contribution in [0.4, 0.5) is 0 Å². The average Bonchev–Trinajstić information content (AvgIpc) is 2.82. The Kier molecular flexibility index (Phi) is 8.25. The molecular weight excluding hydrogens is 412 g/mol. The van der Waals surface area contributed by atoms with E-state index in [1.807, 2.05) is 18.2 Å². The Balaban J connectivity index is 1.54. The largest absolute Gasteiger partial charge is 0.490 e. The minimum absolute atomic E-state index is 0.0438. The average molecular weight is 438 g/mol. The summed E-state index contributed by atoms with van der Waals surface area (Å²) in [6.07, 6.45) is 1.40. The van der Waals surface area contributed by atoms with E-state index in [1.165, 1.54) is 4.90 Å². The van der Waals surface area contributed by atoms with Gasteiger partial charge in [0, 0.05) is 18.7 Å². The maximum Gasteiger partial charge on any atom is 0.308 e. The van der Waals surface area contributed by atoms with E-state index in [1.54, 1.807) is 42.5 Å². The number of carbonyl (C=O) groups excluding carboxylic acids is 3. The second-order valence-electron chi connectivity index (χ2n) is 7.02. The van der Waals surface area contributed by atoms with Crippen molar-refractivity contribution in [2.24, 2.45) is 0 Å². The molecule has 2 aromatic carbocycles. The molecule has 0 aromatic heterocycles. The monoisotopic (exact) mass is 438 g/mol. The van der Waals surface area contributed by atoms with Crippen molar-refractivity contribution in [3.05, 3.63) is 72.8 Å². The molecule has 2 amide bonds. The van der Waals surface area contributed by atoms with Gasteiger partial charge in [0.2, 0.25) is 5.91 Å². The van der Waals surface area contributed by atoms with Crippen LogP contribution in [0.2, 0.25) is 0 Å². The molecule has 1 N–H and O–H groups in total. The molecule has 0 bridgehead atoms. The Bertz CT molecular complexity index is 929. The topological polar surface area (TPSA) is 94.2 Å². The van der Waals surface area contributed by atoms with Crippen molar-refractivity contribution in [3.63, 3.8) is 0 Å². The Labute approximate surface area is 186 Å². The lowest BCUT2D eigenvalue weighted by Gasteiger charge is -2.34. The number of ether oxygens (including phenoxy) is 3. The van der Waals surface area contributed by atoms with Crippen LogP contribution in [-0.2, 0) is 14.3 Å². The molecule has 1 saturated heterocycles. The van der Waals surface area contributed by atoms with E-state index in [0.717, 1.165) is 0 Å². The first-order valence-electron chi connectivity index (χ1n) is 10.3. The van der Waals surface area contributed by atoms with E-state index in [-0.39, 0.29) is 31.4 Å². The van der Waals surface area contributed by atoms with Crippen LogP contribution in [0.25, 0.3) is 0 Å². The van der Waals surface area contributed by atoms with Gasteiger partial charge in [0.05, 0.1) is 6.42 Å². The minimum atomic E-state index is -0.935. The molecule has 1 atom stereocenters. The SMILES string of the molecule is C=CCOc1ccc(C(=O)N2CCNC(=O)C2CC(=O)OCCOc2ccccc2)cc1. The van der Waals surface area contributed by atoms with Crippen molar-refractivity contribution in [1.82, 2.24) is 10.2 Å². The molecule has 3 rings (SSSR count). The third kappa shape index (κ3) is 6.34. The summed E-state index contributed by atoms with van der Waals surface area (Å²) < 4.78 is 16.1. The number of rotatable bonds is 10. The summed E-state index contributed by atoms with van der Waals surface area (Å²) in [5.74, 6) is -0.00776. The Morgan fingerprint density at radius 1 is 1.03 bits per heavy atom. The van der Waals surface area contributed by atoms with E-state index >= 15 is 0 Å². The van der Waals surface area contributed by atoms with Gasteiger partial charge in [-0.2, -0.15) is 0 Å². The fourth-order valence-corrected chi connectivity index (χ4v) is 3.22. The predicted octanol–water partition coefficient (Wildman–Crippen LogP) is 2.20. The van der Waals surface area contributed by atoms with Gasteiger partial charge < -0.3 is 24.4 Å². The highest BCUT2D eigenvalue weighted by Gasteiger charge is 2.35. The number of hydrogen-bond acceptors (Lipinski definition) is 6. The number of carbonyl (C=O) groups is 3. The summed E-state index contributed by atoms with van der Waals surface area (Å²) in [6, 6.07) is 14.8. The Morgan fingerprint density at radius 2 is 1.75 bits per heavy atom. The van der Waals surface area contributed by atoms with Crippen molar-refractivity contribution < 1.29 is 28.6 Å². The number of para-hydroxylation sites is 1. The maximum absolute atomic E-state index is 13.0. The first-order valence-corrected chi connectivity index (χ1v) is 10.3. The van der Waals surface area contributed by atoms with Crippen LogP contribution < -0.4 is 14.8 Å². The van der Waals surface area contributed by atoms with Gasteiger partial charge in [-0.1, -0.05) is 30.9 Å². The molecule has 1 heterocycles. The molecule has 8 heteroatoms. The summed E-state index contributed by atoms with van der Waals surface area (Å²) in [4.78, 5) is 39.1. The van der Waals surface area contributed by atoms with Crippen LogP contribution >= 0.6 is 0 Å². The number of nitrogens with zero attached hydrogens (tertiary/aromatic N) is 1. The van der Waals surface area contributed by atoms with Gasteiger partial charge in [-0.05, 0) is 36.4 Å². The van der Waals surface area contributed by atoms with Crippen molar-refractivity contribution in [3.8, 4) is 11.5 Å². The third-order valence-corrected chi connectivity index (χ3v) is 4.78. The van der Waals surface area contributed by atoms with Gasteiger partial charge in [-0.15, -0.1) is 0 Å². The Hall–Kier alpha value is -3.81. The van der Waals surface area contributed by atoms with Crippen molar-refractivity contribution in [2.45, 2.75) is 12.5 Å². The number of esters is 1. The van der Waals surface area contributed by atoms with E-state index in [4.69, 9.17) is 14.2 Å². The van der Waals surface area contributed by atoms with Gasteiger partial charge in [-0.3, -0.25) is 14.4 Å². The molecule has 1 aliphatic rings. The highest BCUT2D eigenvalue weighted by atomic mass is 16.6. The lowest BCUT2D eigenvalue weighted by Crippen LogP contribution is -2.57. The molecule has 0 radical (unpaired) electrons. The van der Waals surface area contributed by atoms with Crippen molar-refractivity contribution in [2.75, 3.05) is 32.9 Å². The summed E-state index contributed by atoms with van der Waals surface area (Å²) in [5.41, 5.74) is 0.403. The fraction of sp³-hybridized carbons (Fsp3) is 0.292. The van der Waals surface area contributed by atoms with E-state index < -0.39 is 12.0 Å². The molecule has 1 aliphatic heterocycles. The highest BCUT2D eigenvalue weighted by molar-refractivity contribution is 5.99. The quantitative estimate of drug-likeness (QED) is 0.347. The zero-order valence-electron chi connectivity index (χ0n) is 17.7. The Morgan fingerprint density at radius 3 is 2.47 bits per heavy atom. The smallest absolute Gasteiger partial charge is 0.308 e. The molecule has 0 spiro atoms. The first kappa shape index (κ1) is 22.9. The summed E-state index contributed by atoms with van der Waals surface area (Å²) >= 11 is 0. The van der Waals surface area contributed by atoms with Gasteiger partial charge >= 0.3 is 5.97 Å². The normalized spacial score (nSPS) is 15.4. The van der Waals surface area contributed by atoms with Gasteiger partial charge in [0.15, 0.2) is 0 Å². The summed E-state index contributed by atoms with van der Waals surface area (Å²) in [5, 5.41) is 2.70. The number of benzene rings is 2. The van der Waals surface area contributed by atoms with Gasteiger partial charge in [-0.25, -0.2) is 0 Å². The maximum atomic E-state index is 13.0. The van der Waals surface area contributed by atoms with Gasteiger partial charge in [0.25, 0.3) is 5.91 Å². The number of amides is 2. The van der Waals surface area contributed by atoms with Crippen LogP contribution in [0.15, 0.2) is 67.3 Å². The number of hydrogen-bond donors (Lipinski definition) is 1. The van der Waals surface area contributed by atoms with Crippen LogP contribution in [0.5, 0.6) is 11.5 Å². The third-order valence-electron chi connectivity index (χ3n) is 4.78. The molecule has 1 unspecified atom stereocenters. The second-order valence-corrected chi connectivity index (χ2v) is 7.02. The van der Waals surface area contributed by atoms with Crippen LogP contribution in [0.1, 0.15) is 16.8 Å². The molecule has 0 saturated carbocycles. The highest BCUT2D eigenvalue weighted by Crippen LogP contribution is 2.18. The van der Waals surface area contributed by atoms with E-state index in [2.05, 4.69) is 11.9 Å². The summed E-state index contributed by atoms with van der Waals surface area (Å²) in [6.45, 7) is 4.81. The van der Waals surface area contributed by atoms with Crippen LogP contribution in [-0.4, -0.2) is 61.6 Å². The lowest BCUT2D eigenvalue weighted by molar-refractivity contribution is -0.148. The van der Waals surface area contributed by atoms with Gasteiger partial charge in [0.1, 0.15) is 37.4 Å². The molecule has 1 fully saturated rings. The lowest BCUT2D eigenvalue weighted by atomic mass is 10.1. The molecule has 2 aromatic rings. The number of nitrogens with one attached hydrogen (secondary N) is 1. The zero-order chi connectivity index (χ0) is 22.8. The van der Waals surface area contributed by atoms with Crippen molar-refractivity contribution in [1.29, 1.82) is 0 Å². The predicted molar refractivity (Wildman–Crippen MR) is 117 cm³/mol. The van der Waals surface area contributed by atoms with Crippen LogP contribution in [0, 0.1) is 0 Å². The fourth-order valence-electron chi connectivity index (χ4n) is 3.22. The van der Waals surface area contributed by atoms with Crippen molar-refractivity contribution >= 4 is 17.8 Å². The first-order chi connectivity index (χ1) is 15.6.